The number of hydrogen-bond acceptors (Lipinski definition) is 4. The summed E-state index contributed by atoms with van der Waals surface area (Å²) in [6.07, 6.45) is 0. The number of carbonyl (C=O) groups is 1. The lowest BCUT2D eigenvalue weighted by Gasteiger charge is -2.27. The monoisotopic (exact) mass is 310 g/mol. The molecule has 0 fully saturated rings. The number of likely N-dealkylation sites (N-methyl/N-ethyl adjacent to an activating group) is 1. The fourth-order valence-electron chi connectivity index (χ4n) is 2.08. The lowest BCUT2D eigenvalue weighted by atomic mass is 10.2. The van der Waals surface area contributed by atoms with Crippen LogP contribution in [0.15, 0.2) is 24.3 Å². The first-order valence-electron chi connectivity index (χ1n) is 6.81. The van der Waals surface area contributed by atoms with Crippen molar-refractivity contribution in [1.82, 2.24) is 4.90 Å². The normalized spacial score (nSPS) is 11.8. The minimum absolute atomic E-state index is 0.00179. The fourth-order valence-corrected chi connectivity index (χ4v) is 2.25. The Kier molecular flexibility index (Phi) is 7.11. The van der Waals surface area contributed by atoms with Crippen LogP contribution in [0, 0.1) is 0 Å². The number of benzene rings is 1. The molecule has 0 aliphatic rings. The van der Waals surface area contributed by atoms with Crippen molar-refractivity contribution in [2.24, 2.45) is 5.73 Å². The summed E-state index contributed by atoms with van der Waals surface area (Å²) in [6, 6.07) is 7.15. The highest BCUT2D eigenvalue weighted by molar-refractivity contribution is 7.80. The van der Waals surface area contributed by atoms with E-state index in [1.54, 1.807) is 24.1 Å². The smallest absolute Gasteiger partial charge is 0.260 e. The van der Waals surface area contributed by atoms with Crippen LogP contribution >= 0.6 is 12.2 Å². The van der Waals surface area contributed by atoms with Crippen molar-refractivity contribution < 1.29 is 14.3 Å². The van der Waals surface area contributed by atoms with E-state index in [4.69, 9.17) is 27.4 Å². The van der Waals surface area contributed by atoms with Crippen LogP contribution in [0.3, 0.4) is 0 Å². The second-order valence-electron chi connectivity index (χ2n) is 4.63. The lowest BCUT2D eigenvalue weighted by Crippen LogP contribution is -2.43. The predicted molar refractivity (Wildman–Crippen MR) is 86.5 cm³/mol. The van der Waals surface area contributed by atoms with Crippen LogP contribution in [0.25, 0.3) is 0 Å². The average Bonchev–Trinajstić information content (AvgIpc) is 2.46. The number of nitrogens with two attached hydrogens (primary N) is 1. The molecule has 0 bridgehead atoms. The van der Waals surface area contributed by atoms with Crippen molar-refractivity contribution in [2.75, 3.05) is 26.9 Å². The van der Waals surface area contributed by atoms with Gasteiger partial charge in [-0.15, -0.1) is 0 Å². The summed E-state index contributed by atoms with van der Waals surface area (Å²) in [4.78, 5) is 14.2. The van der Waals surface area contributed by atoms with Gasteiger partial charge >= 0.3 is 0 Å². The molecule has 0 saturated carbocycles. The van der Waals surface area contributed by atoms with Crippen LogP contribution < -0.4 is 10.5 Å². The van der Waals surface area contributed by atoms with Gasteiger partial charge in [-0.1, -0.05) is 24.4 Å². The summed E-state index contributed by atoms with van der Waals surface area (Å²) in [7, 11) is 1.61. The van der Waals surface area contributed by atoms with Crippen LogP contribution in [0.2, 0.25) is 0 Å². The van der Waals surface area contributed by atoms with Gasteiger partial charge in [-0.25, -0.2) is 0 Å². The van der Waals surface area contributed by atoms with E-state index in [9.17, 15) is 4.79 Å². The van der Waals surface area contributed by atoms with Gasteiger partial charge in [0.25, 0.3) is 5.91 Å². The molecule has 1 amide bonds. The maximum atomic E-state index is 12.2. The third kappa shape index (κ3) is 4.99. The van der Waals surface area contributed by atoms with Crippen molar-refractivity contribution in [2.45, 2.75) is 19.9 Å². The molecule has 0 radical (unpaired) electrons. The minimum atomic E-state index is -0.0974. The number of nitrogens with zero attached hydrogens (tertiary/aromatic N) is 1. The topological polar surface area (TPSA) is 64.8 Å². The molecular weight excluding hydrogens is 288 g/mol. The maximum Gasteiger partial charge on any atom is 0.260 e. The summed E-state index contributed by atoms with van der Waals surface area (Å²) in [5.41, 5.74) is 6.27. The van der Waals surface area contributed by atoms with E-state index in [0.717, 1.165) is 0 Å². The number of carbonyl (C=O) groups excluding carboxylic acids is 1. The zero-order valence-corrected chi connectivity index (χ0v) is 13.5. The molecule has 0 aromatic heterocycles. The van der Waals surface area contributed by atoms with Crippen LogP contribution in [0.5, 0.6) is 5.75 Å². The fraction of sp³-hybridized carbons (Fsp3) is 0.467. The Morgan fingerprint density at radius 1 is 1.43 bits per heavy atom. The van der Waals surface area contributed by atoms with Gasteiger partial charge in [-0.3, -0.25) is 4.79 Å². The highest BCUT2D eigenvalue weighted by Gasteiger charge is 2.19. The molecule has 116 valence electrons. The minimum Gasteiger partial charge on any atom is -0.483 e. The summed E-state index contributed by atoms with van der Waals surface area (Å²) in [5.74, 6) is 0.425. The zero-order chi connectivity index (χ0) is 15.8. The number of rotatable bonds is 8. The molecule has 5 nitrogen and oxygen atoms in total. The number of hydrogen-bond donors (Lipinski definition) is 1. The highest BCUT2D eigenvalue weighted by atomic mass is 32.1. The predicted octanol–water partition coefficient (Wildman–Crippen LogP) is 1.58. The third-order valence-electron chi connectivity index (χ3n) is 3.10. The molecule has 0 aliphatic heterocycles. The number of para-hydroxylation sites is 1. The molecule has 1 rings (SSSR count). The van der Waals surface area contributed by atoms with E-state index in [0.29, 0.717) is 24.5 Å². The standard InChI is InChI=1S/C15H22N2O3S/c1-4-17(11(2)9-19-3)14(18)10-20-13-8-6-5-7-12(13)15(16)21/h5-8,11H,4,9-10H2,1-3H3,(H2,16,21). The highest BCUT2D eigenvalue weighted by Crippen LogP contribution is 2.17. The van der Waals surface area contributed by atoms with E-state index in [1.807, 2.05) is 26.0 Å². The molecule has 1 aromatic carbocycles. The Morgan fingerprint density at radius 2 is 2.10 bits per heavy atom. The number of thiocarbonyl (C=S) groups is 1. The van der Waals surface area contributed by atoms with E-state index >= 15 is 0 Å². The molecular formula is C15H22N2O3S. The molecule has 0 heterocycles. The molecule has 2 N–H and O–H groups in total. The van der Waals surface area contributed by atoms with Gasteiger partial charge in [-0.05, 0) is 26.0 Å². The molecule has 1 atom stereocenters. The molecule has 6 heteroatoms. The Hall–Kier alpha value is -1.66. The van der Waals surface area contributed by atoms with Gasteiger partial charge in [0.1, 0.15) is 10.7 Å². The van der Waals surface area contributed by atoms with E-state index in [2.05, 4.69) is 0 Å². The zero-order valence-electron chi connectivity index (χ0n) is 12.7. The summed E-state index contributed by atoms with van der Waals surface area (Å²) in [5, 5.41) is 0. The number of methoxy groups -OCH3 is 1. The van der Waals surface area contributed by atoms with Gasteiger partial charge in [0, 0.05) is 13.7 Å². The first-order chi connectivity index (χ1) is 10.0. The average molecular weight is 310 g/mol. The van der Waals surface area contributed by atoms with Crippen molar-refractivity contribution in [1.29, 1.82) is 0 Å². The number of ether oxygens (including phenoxy) is 2. The SMILES string of the molecule is CCN(C(=O)COc1ccccc1C(N)=S)C(C)COC. The molecule has 0 saturated heterocycles. The summed E-state index contributed by atoms with van der Waals surface area (Å²) < 4.78 is 10.7. The van der Waals surface area contributed by atoms with Crippen LogP contribution in [0.4, 0.5) is 0 Å². The second kappa shape index (κ2) is 8.59. The van der Waals surface area contributed by atoms with E-state index in [-0.39, 0.29) is 23.5 Å². The van der Waals surface area contributed by atoms with Crippen LogP contribution in [-0.2, 0) is 9.53 Å². The van der Waals surface area contributed by atoms with Gasteiger partial charge in [0.05, 0.1) is 18.2 Å². The Bertz CT molecular complexity index is 494. The quantitative estimate of drug-likeness (QED) is 0.739. The number of amides is 1. The first-order valence-corrected chi connectivity index (χ1v) is 7.22. The van der Waals surface area contributed by atoms with Crippen LogP contribution in [0.1, 0.15) is 19.4 Å². The second-order valence-corrected chi connectivity index (χ2v) is 5.07. The van der Waals surface area contributed by atoms with Crippen molar-refractivity contribution in [3.05, 3.63) is 29.8 Å². The maximum absolute atomic E-state index is 12.2. The van der Waals surface area contributed by atoms with Gasteiger partial charge < -0.3 is 20.1 Å². The molecule has 21 heavy (non-hydrogen) atoms. The van der Waals surface area contributed by atoms with Gasteiger partial charge in [0.15, 0.2) is 6.61 Å². The third-order valence-corrected chi connectivity index (χ3v) is 3.32. The summed E-state index contributed by atoms with van der Waals surface area (Å²) in [6.45, 7) is 4.90. The lowest BCUT2D eigenvalue weighted by molar-refractivity contribution is -0.136. The summed E-state index contributed by atoms with van der Waals surface area (Å²) >= 11 is 4.97. The first kappa shape index (κ1) is 17.4. The largest absolute Gasteiger partial charge is 0.483 e. The Balaban J connectivity index is 2.70. The van der Waals surface area contributed by atoms with Crippen molar-refractivity contribution in [3.63, 3.8) is 0 Å². The molecule has 0 aliphatic carbocycles. The van der Waals surface area contributed by atoms with E-state index < -0.39 is 0 Å². The Labute approximate surface area is 131 Å². The van der Waals surface area contributed by atoms with Crippen LogP contribution in [-0.4, -0.2) is 48.7 Å². The van der Waals surface area contributed by atoms with E-state index in [1.165, 1.54) is 0 Å². The van der Waals surface area contributed by atoms with Crippen molar-refractivity contribution in [3.8, 4) is 5.75 Å². The molecule has 1 unspecified atom stereocenters. The van der Waals surface area contributed by atoms with Crippen molar-refractivity contribution >= 4 is 23.1 Å². The molecule has 1 aromatic rings. The van der Waals surface area contributed by atoms with Gasteiger partial charge in [-0.2, -0.15) is 0 Å². The Morgan fingerprint density at radius 3 is 2.67 bits per heavy atom. The van der Waals surface area contributed by atoms with Gasteiger partial charge in [0.2, 0.25) is 0 Å². The molecule has 0 spiro atoms.